The maximum Gasteiger partial charge on any atom is 0.329 e. The molecule has 4 aromatic rings. The van der Waals surface area contributed by atoms with Crippen LogP contribution in [-0.4, -0.2) is 58.6 Å². The normalized spacial score (nSPS) is 15.0. The lowest BCUT2D eigenvalue weighted by atomic mass is 10.1. The van der Waals surface area contributed by atoms with Crippen molar-refractivity contribution >= 4 is 46.4 Å². The fourth-order valence-electron chi connectivity index (χ4n) is 4.86. The summed E-state index contributed by atoms with van der Waals surface area (Å²) in [5.41, 5.74) is 2.98. The van der Waals surface area contributed by atoms with Crippen LogP contribution in [-0.2, 0) is 11.3 Å². The molecule has 1 aliphatic heterocycles. The molecular formula is C31H30N4O4S. The number of hydrogen-bond donors (Lipinski definition) is 1. The molecule has 40 heavy (non-hydrogen) atoms. The second kappa shape index (κ2) is 12.0. The van der Waals surface area contributed by atoms with Crippen molar-refractivity contribution in [3.8, 4) is 0 Å². The molecule has 204 valence electrons. The van der Waals surface area contributed by atoms with E-state index in [1.54, 1.807) is 16.2 Å². The molecule has 0 unspecified atom stereocenters. The maximum absolute atomic E-state index is 14.0. The monoisotopic (exact) mass is 554 g/mol. The first-order chi connectivity index (χ1) is 19.4. The van der Waals surface area contributed by atoms with Crippen LogP contribution < -0.4 is 9.80 Å². The molecule has 1 N–H and O–H groups in total. The molecule has 0 bridgehead atoms. The first kappa shape index (κ1) is 27.0. The fourth-order valence-corrected chi connectivity index (χ4v) is 5.56. The molecular weight excluding hydrogens is 524 g/mol. The number of carboxylic acid groups (broad SMARTS) is 1. The highest BCUT2D eigenvalue weighted by Gasteiger charge is 2.40. The second-order valence-electron chi connectivity index (χ2n) is 9.55. The van der Waals surface area contributed by atoms with E-state index in [0.717, 1.165) is 16.1 Å². The van der Waals surface area contributed by atoms with Gasteiger partial charge in [-0.3, -0.25) is 9.80 Å². The molecule has 9 heteroatoms. The molecule has 8 nitrogen and oxygen atoms in total. The van der Waals surface area contributed by atoms with Crippen molar-refractivity contribution in [1.29, 1.82) is 0 Å². The van der Waals surface area contributed by atoms with Gasteiger partial charge in [-0.25, -0.2) is 14.4 Å². The number of aryl methyl sites for hydroxylation is 1. The summed E-state index contributed by atoms with van der Waals surface area (Å²) in [5.74, 6) is -1.16. The summed E-state index contributed by atoms with van der Waals surface area (Å²) in [7, 11) is 0. The van der Waals surface area contributed by atoms with Crippen LogP contribution in [0.1, 0.15) is 10.4 Å². The van der Waals surface area contributed by atoms with Gasteiger partial charge >= 0.3 is 18.0 Å². The molecule has 0 radical (unpaired) electrons. The van der Waals surface area contributed by atoms with Gasteiger partial charge in [-0.05, 0) is 60.3 Å². The number of benzene rings is 3. The molecule has 4 amide bonds. The minimum atomic E-state index is -1.21. The molecule has 1 atom stereocenters. The predicted octanol–water partition coefficient (Wildman–Crippen LogP) is 6.21. The smallest absolute Gasteiger partial charge is 0.329 e. The quantitative estimate of drug-likeness (QED) is 0.307. The first-order valence-electron chi connectivity index (χ1n) is 13.0. The van der Waals surface area contributed by atoms with Crippen LogP contribution in [0.4, 0.5) is 26.7 Å². The van der Waals surface area contributed by atoms with Crippen LogP contribution in [0, 0.1) is 6.92 Å². The summed E-state index contributed by atoms with van der Waals surface area (Å²) >= 11 is 1.62. The zero-order chi connectivity index (χ0) is 28.1. The van der Waals surface area contributed by atoms with Gasteiger partial charge in [0.15, 0.2) is 0 Å². The summed E-state index contributed by atoms with van der Waals surface area (Å²) in [6, 6.07) is 27.7. The Kier molecular flexibility index (Phi) is 8.12. The number of carboxylic acids is 1. The topological polar surface area (TPSA) is 84.4 Å². The van der Waals surface area contributed by atoms with Crippen LogP contribution in [0.15, 0.2) is 102 Å². The minimum absolute atomic E-state index is 0.0812. The predicted molar refractivity (Wildman–Crippen MR) is 157 cm³/mol. The molecule has 1 aliphatic rings. The zero-order valence-corrected chi connectivity index (χ0v) is 22.9. The van der Waals surface area contributed by atoms with E-state index in [1.165, 1.54) is 14.7 Å². The maximum atomic E-state index is 14.0. The first-order valence-corrected chi connectivity index (χ1v) is 13.9. The number of rotatable bonds is 6. The van der Waals surface area contributed by atoms with Gasteiger partial charge in [-0.15, -0.1) is 11.3 Å². The average molecular weight is 555 g/mol. The van der Waals surface area contributed by atoms with Gasteiger partial charge in [0, 0.05) is 23.7 Å². The SMILES string of the molecule is Cc1cc(CN(C(=O)N2CCN(C(=O)N(c3ccccc3)c3ccccc3)[C@H](C(=O)O)C2)c2ccccc2)cs1. The van der Waals surface area contributed by atoms with Crippen molar-refractivity contribution in [3.05, 3.63) is 113 Å². The number of carbonyl (C=O) groups excluding carboxylic acids is 2. The molecule has 0 saturated carbocycles. The Morgan fingerprint density at radius 3 is 1.88 bits per heavy atom. The molecule has 2 heterocycles. The van der Waals surface area contributed by atoms with Crippen molar-refractivity contribution in [2.24, 2.45) is 0 Å². The van der Waals surface area contributed by atoms with E-state index in [2.05, 4.69) is 0 Å². The number of piperazine rings is 1. The van der Waals surface area contributed by atoms with Gasteiger partial charge in [0.1, 0.15) is 6.04 Å². The third kappa shape index (κ3) is 5.84. The summed E-state index contributed by atoms with van der Waals surface area (Å²) in [5, 5.41) is 12.2. The average Bonchev–Trinajstić information content (AvgIpc) is 3.41. The van der Waals surface area contributed by atoms with E-state index < -0.39 is 18.0 Å². The molecule has 0 spiro atoms. The van der Waals surface area contributed by atoms with Gasteiger partial charge < -0.3 is 14.9 Å². The Bertz CT molecular complexity index is 1420. The fraction of sp³-hybridized carbons (Fsp3) is 0.194. The zero-order valence-electron chi connectivity index (χ0n) is 22.1. The Morgan fingerprint density at radius 2 is 1.38 bits per heavy atom. The van der Waals surface area contributed by atoms with Crippen molar-refractivity contribution in [1.82, 2.24) is 9.80 Å². The molecule has 0 aliphatic carbocycles. The van der Waals surface area contributed by atoms with Gasteiger partial charge in [-0.1, -0.05) is 54.6 Å². The third-order valence-electron chi connectivity index (χ3n) is 6.83. The van der Waals surface area contributed by atoms with Crippen LogP contribution >= 0.6 is 11.3 Å². The van der Waals surface area contributed by atoms with E-state index in [-0.39, 0.29) is 25.7 Å². The standard InChI is InChI=1S/C31H30N4O4S/c1-23-19-24(22-40-23)20-34(25-11-5-2-6-12-25)30(38)32-17-18-33(28(21-32)29(36)37)31(39)35(26-13-7-3-8-14-26)27-15-9-4-10-16-27/h2-16,19,22,28H,17-18,20-21H2,1H3,(H,36,37)/t28-/m0/s1. The van der Waals surface area contributed by atoms with Gasteiger partial charge in [0.25, 0.3) is 0 Å². The van der Waals surface area contributed by atoms with Crippen LogP contribution in [0.2, 0.25) is 0 Å². The van der Waals surface area contributed by atoms with Crippen LogP contribution in [0.5, 0.6) is 0 Å². The highest BCUT2D eigenvalue weighted by atomic mass is 32.1. The van der Waals surface area contributed by atoms with Gasteiger partial charge in [0.2, 0.25) is 0 Å². The Morgan fingerprint density at radius 1 is 0.825 bits per heavy atom. The Balaban J connectivity index is 1.41. The Hall–Kier alpha value is -4.63. The van der Waals surface area contributed by atoms with Crippen LogP contribution in [0.25, 0.3) is 0 Å². The largest absolute Gasteiger partial charge is 0.480 e. The lowest BCUT2D eigenvalue weighted by molar-refractivity contribution is -0.143. The number of aliphatic carboxylic acids is 1. The van der Waals surface area contributed by atoms with Crippen molar-refractivity contribution in [2.45, 2.75) is 19.5 Å². The van der Waals surface area contributed by atoms with E-state index >= 15 is 0 Å². The lowest BCUT2D eigenvalue weighted by Crippen LogP contribution is -2.62. The number of nitrogens with zero attached hydrogens (tertiary/aromatic N) is 4. The molecule has 1 fully saturated rings. The highest BCUT2D eigenvalue weighted by molar-refractivity contribution is 7.10. The van der Waals surface area contributed by atoms with Gasteiger partial charge in [-0.2, -0.15) is 0 Å². The summed E-state index contributed by atoms with van der Waals surface area (Å²) in [6.07, 6.45) is 0. The number of carbonyl (C=O) groups is 3. The minimum Gasteiger partial charge on any atom is -0.480 e. The van der Waals surface area contributed by atoms with Crippen LogP contribution in [0.3, 0.4) is 0 Å². The summed E-state index contributed by atoms with van der Waals surface area (Å²) in [6.45, 7) is 2.55. The number of thiophene rings is 1. The van der Waals surface area contributed by atoms with E-state index in [0.29, 0.717) is 17.9 Å². The van der Waals surface area contributed by atoms with E-state index in [4.69, 9.17) is 0 Å². The highest BCUT2D eigenvalue weighted by Crippen LogP contribution is 2.29. The summed E-state index contributed by atoms with van der Waals surface area (Å²) in [4.78, 5) is 47.6. The number of urea groups is 2. The molecule has 1 aromatic heterocycles. The summed E-state index contributed by atoms with van der Waals surface area (Å²) < 4.78 is 0. The van der Waals surface area contributed by atoms with E-state index in [9.17, 15) is 19.5 Å². The number of amides is 4. The molecule has 1 saturated heterocycles. The van der Waals surface area contributed by atoms with Crippen molar-refractivity contribution in [2.75, 3.05) is 29.4 Å². The lowest BCUT2D eigenvalue weighted by Gasteiger charge is -2.42. The van der Waals surface area contributed by atoms with E-state index in [1.807, 2.05) is 109 Å². The van der Waals surface area contributed by atoms with Gasteiger partial charge in [0.05, 0.1) is 24.5 Å². The molecule has 3 aromatic carbocycles. The number of anilines is 3. The number of hydrogen-bond acceptors (Lipinski definition) is 4. The number of para-hydroxylation sites is 3. The van der Waals surface area contributed by atoms with Crippen molar-refractivity contribution in [3.63, 3.8) is 0 Å². The molecule has 5 rings (SSSR count). The third-order valence-corrected chi connectivity index (χ3v) is 7.74. The Labute approximate surface area is 237 Å². The second-order valence-corrected chi connectivity index (χ2v) is 10.7. The van der Waals surface area contributed by atoms with Crippen molar-refractivity contribution < 1.29 is 19.5 Å².